The summed E-state index contributed by atoms with van der Waals surface area (Å²) in [6, 6.07) is 27.1. The van der Waals surface area contributed by atoms with Gasteiger partial charge in [-0.2, -0.15) is 4.98 Å². The maximum absolute atomic E-state index is 13.0. The Morgan fingerprint density at radius 3 is 2.11 bits per heavy atom. The molecule has 0 radical (unpaired) electrons. The maximum atomic E-state index is 13.0. The Kier molecular flexibility index (Phi) is 8.97. The van der Waals surface area contributed by atoms with Gasteiger partial charge in [-0.1, -0.05) is 54.6 Å². The van der Waals surface area contributed by atoms with Crippen LogP contribution in [-0.4, -0.2) is 72.0 Å². The van der Waals surface area contributed by atoms with Gasteiger partial charge in [0, 0.05) is 32.6 Å². The number of methoxy groups -OCH3 is 2. The van der Waals surface area contributed by atoms with Crippen LogP contribution >= 0.6 is 0 Å². The van der Waals surface area contributed by atoms with E-state index in [9.17, 15) is 9.90 Å². The molecule has 3 aromatic carbocycles. The molecule has 234 valence electrons. The van der Waals surface area contributed by atoms with Gasteiger partial charge >= 0.3 is 5.69 Å². The number of benzene rings is 3. The molecule has 10 heteroatoms. The van der Waals surface area contributed by atoms with Gasteiger partial charge in [0.25, 0.3) is 0 Å². The molecule has 3 atom stereocenters. The van der Waals surface area contributed by atoms with Crippen LogP contribution in [0.5, 0.6) is 11.5 Å². The van der Waals surface area contributed by atoms with Crippen molar-refractivity contribution >= 4 is 11.7 Å². The van der Waals surface area contributed by atoms with Crippen LogP contribution in [0.15, 0.2) is 101 Å². The Hall–Kier alpha value is -4.51. The van der Waals surface area contributed by atoms with E-state index in [0.29, 0.717) is 5.82 Å². The van der Waals surface area contributed by atoms with Gasteiger partial charge < -0.3 is 29.0 Å². The first-order valence-corrected chi connectivity index (χ1v) is 15.1. The Bertz CT molecular complexity index is 1630. The minimum absolute atomic E-state index is 0.0465. The molecule has 0 aliphatic carbocycles. The van der Waals surface area contributed by atoms with Crippen molar-refractivity contribution < 1.29 is 24.1 Å². The van der Waals surface area contributed by atoms with Gasteiger partial charge in [0.15, 0.2) is 5.82 Å². The lowest BCUT2D eigenvalue weighted by Crippen LogP contribution is -2.38. The largest absolute Gasteiger partial charge is 0.497 e. The molecular weight excluding hydrogens is 572 g/mol. The predicted molar refractivity (Wildman–Crippen MR) is 170 cm³/mol. The highest BCUT2D eigenvalue weighted by Crippen LogP contribution is 2.42. The highest BCUT2D eigenvalue weighted by atomic mass is 16.6. The highest BCUT2D eigenvalue weighted by Gasteiger charge is 2.42. The number of aliphatic imine (C=N–C) groups is 1. The number of likely N-dealkylation sites (tertiary alicyclic amines) is 1. The van der Waals surface area contributed by atoms with Crippen molar-refractivity contribution in [2.24, 2.45) is 4.99 Å². The van der Waals surface area contributed by atoms with Crippen LogP contribution < -0.4 is 15.2 Å². The molecule has 0 saturated carbocycles. The summed E-state index contributed by atoms with van der Waals surface area (Å²) in [5.41, 5.74) is 1.10. The van der Waals surface area contributed by atoms with Gasteiger partial charge in [0.2, 0.25) is 0 Å². The predicted octanol–water partition coefficient (Wildman–Crippen LogP) is 4.67. The van der Waals surface area contributed by atoms with Crippen molar-refractivity contribution in [1.29, 1.82) is 0 Å². The van der Waals surface area contributed by atoms with Gasteiger partial charge in [0.1, 0.15) is 35.3 Å². The summed E-state index contributed by atoms with van der Waals surface area (Å²) >= 11 is 0. The van der Waals surface area contributed by atoms with Crippen LogP contribution in [0.2, 0.25) is 0 Å². The number of hydrogen-bond acceptors (Lipinski definition) is 8. The minimum atomic E-state index is -1.06. The van der Waals surface area contributed by atoms with Gasteiger partial charge in [0.05, 0.1) is 26.9 Å². The van der Waals surface area contributed by atoms with Gasteiger partial charge in [-0.3, -0.25) is 4.57 Å². The highest BCUT2D eigenvalue weighted by molar-refractivity contribution is 5.85. The second-order valence-electron chi connectivity index (χ2n) is 11.3. The van der Waals surface area contributed by atoms with E-state index in [1.165, 1.54) is 4.57 Å². The van der Waals surface area contributed by atoms with Crippen LogP contribution in [0.4, 0.5) is 5.82 Å². The number of hydrogen-bond donors (Lipinski definition) is 1. The van der Waals surface area contributed by atoms with Crippen molar-refractivity contribution in [3.63, 3.8) is 0 Å². The van der Waals surface area contributed by atoms with Gasteiger partial charge in [-0.25, -0.2) is 9.79 Å². The van der Waals surface area contributed by atoms with Crippen LogP contribution in [0.3, 0.4) is 0 Å². The number of aromatic nitrogens is 2. The number of rotatable bonds is 10. The molecule has 10 nitrogen and oxygen atoms in total. The molecule has 0 amide bonds. The van der Waals surface area contributed by atoms with E-state index >= 15 is 0 Å². The Balaban J connectivity index is 1.30. The molecule has 1 aromatic heterocycles. The molecular formula is C35H38N4O6. The zero-order chi connectivity index (χ0) is 31.4. The van der Waals surface area contributed by atoms with Crippen molar-refractivity contribution in [3.05, 3.63) is 118 Å². The zero-order valence-corrected chi connectivity index (χ0v) is 25.7. The zero-order valence-electron chi connectivity index (χ0n) is 25.7. The standard InChI is InChI=1S/C35H38N4O6/c1-38-20-7-10-32(38)36-31-19-21-39(34(41)37-31)33-22-29(40)30(45-33)23-44-35(24-8-5-4-6-9-24,25-11-15-27(42-2)16-12-25)26-13-17-28(43-3)18-14-26/h4-6,8-9,11-19,21,29-30,33,40H,7,10,20,22-23H2,1-3H3/b36-32-/t29-,30-,33-/m1/s1. The Morgan fingerprint density at radius 2 is 1.56 bits per heavy atom. The lowest BCUT2D eigenvalue weighted by atomic mass is 9.80. The molecule has 4 aromatic rings. The molecule has 2 saturated heterocycles. The summed E-state index contributed by atoms with van der Waals surface area (Å²) in [5.74, 6) is 2.73. The lowest BCUT2D eigenvalue weighted by Gasteiger charge is -2.37. The van der Waals surface area contributed by atoms with E-state index in [4.69, 9.17) is 18.9 Å². The number of aliphatic hydroxyl groups is 1. The molecule has 2 aliphatic rings. The minimum Gasteiger partial charge on any atom is -0.497 e. The van der Waals surface area contributed by atoms with Crippen molar-refractivity contribution in [2.75, 3.05) is 34.4 Å². The number of nitrogens with zero attached hydrogens (tertiary/aromatic N) is 4. The summed E-state index contributed by atoms with van der Waals surface area (Å²) in [5, 5.41) is 11.1. The molecule has 1 N–H and O–H groups in total. The van der Waals surface area contributed by atoms with Crippen molar-refractivity contribution in [2.45, 2.75) is 43.3 Å². The SMILES string of the molecule is COc1ccc(C(OC[C@H]2O[C@@H](n3ccc(/N=C4/CCCN4C)nc3=O)C[C@H]2O)(c2ccccc2)c2ccc(OC)cc2)cc1. The van der Waals surface area contributed by atoms with E-state index in [1.54, 1.807) is 26.5 Å². The normalized spacial score (nSPS) is 20.9. The van der Waals surface area contributed by atoms with Crippen LogP contribution in [-0.2, 0) is 15.1 Å². The smallest absolute Gasteiger partial charge is 0.351 e. The maximum Gasteiger partial charge on any atom is 0.351 e. The molecule has 0 spiro atoms. The number of ether oxygens (including phenoxy) is 4. The van der Waals surface area contributed by atoms with Crippen molar-refractivity contribution in [3.8, 4) is 11.5 Å². The second-order valence-corrected chi connectivity index (χ2v) is 11.3. The third-order valence-corrected chi connectivity index (χ3v) is 8.55. The number of amidine groups is 1. The van der Waals surface area contributed by atoms with E-state index in [2.05, 4.69) is 14.9 Å². The molecule has 0 bridgehead atoms. The summed E-state index contributed by atoms with van der Waals surface area (Å²) in [6.45, 7) is 0.987. The molecule has 45 heavy (non-hydrogen) atoms. The second kappa shape index (κ2) is 13.2. The first kappa shape index (κ1) is 30.5. The average molecular weight is 611 g/mol. The first-order chi connectivity index (χ1) is 21.9. The molecule has 3 heterocycles. The van der Waals surface area contributed by atoms with E-state index in [1.807, 2.05) is 85.9 Å². The molecule has 6 rings (SSSR count). The topological polar surface area (TPSA) is 108 Å². The summed E-state index contributed by atoms with van der Waals surface area (Å²) in [6.07, 6.45) is 1.48. The fourth-order valence-corrected chi connectivity index (χ4v) is 6.07. The summed E-state index contributed by atoms with van der Waals surface area (Å²) in [4.78, 5) is 23.8. The van der Waals surface area contributed by atoms with E-state index in [-0.39, 0.29) is 13.0 Å². The van der Waals surface area contributed by atoms with Crippen LogP contribution in [0.25, 0.3) is 0 Å². The first-order valence-electron chi connectivity index (χ1n) is 15.1. The Labute approximate surface area is 262 Å². The number of aliphatic hydroxyl groups excluding tert-OH is 1. The van der Waals surface area contributed by atoms with Crippen LogP contribution in [0.1, 0.15) is 42.2 Å². The van der Waals surface area contributed by atoms with Crippen molar-refractivity contribution in [1.82, 2.24) is 14.5 Å². The third kappa shape index (κ3) is 6.22. The Morgan fingerprint density at radius 1 is 0.933 bits per heavy atom. The quantitative estimate of drug-likeness (QED) is 0.258. The third-order valence-electron chi connectivity index (χ3n) is 8.55. The summed E-state index contributed by atoms with van der Waals surface area (Å²) < 4.78 is 25.5. The summed E-state index contributed by atoms with van der Waals surface area (Å²) in [7, 11) is 5.24. The van der Waals surface area contributed by atoms with Gasteiger partial charge in [-0.05, 0) is 53.4 Å². The molecule has 0 unspecified atom stereocenters. The van der Waals surface area contributed by atoms with E-state index < -0.39 is 29.7 Å². The molecule has 2 aliphatic heterocycles. The lowest BCUT2D eigenvalue weighted by molar-refractivity contribution is -0.0944. The van der Waals surface area contributed by atoms with Crippen LogP contribution in [0, 0.1) is 0 Å². The van der Waals surface area contributed by atoms with E-state index in [0.717, 1.165) is 53.4 Å². The molecule has 2 fully saturated rings. The fraction of sp³-hybridized carbons (Fsp3) is 0.343. The van der Waals surface area contributed by atoms with Gasteiger partial charge in [-0.15, -0.1) is 0 Å². The fourth-order valence-electron chi connectivity index (χ4n) is 6.07. The average Bonchev–Trinajstić information content (AvgIpc) is 3.66. The monoisotopic (exact) mass is 610 g/mol.